The highest BCUT2D eigenvalue weighted by Gasteiger charge is 2.16. The van der Waals surface area contributed by atoms with Crippen LogP contribution in [0.1, 0.15) is 0 Å². The van der Waals surface area contributed by atoms with E-state index in [0.29, 0.717) is 26.3 Å². The molecule has 1 fully saturated rings. The SMILES string of the molecule is O=S(=O)(NCCN1CCOCC1)c1cnc[nH]1. The molecule has 1 saturated heterocycles. The lowest BCUT2D eigenvalue weighted by Gasteiger charge is -2.26. The lowest BCUT2D eigenvalue weighted by atomic mass is 10.4. The summed E-state index contributed by atoms with van der Waals surface area (Å²) in [4.78, 5) is 8.42. The molecule has 0 aromatic carbocycles. The van der Waals surface area contributed by atoms with Gasteiger partial charge in [0.1, 0.15) is 0 Å². The van der Waals surface area contributed by atoms with Crippen LogP contribution in [-0.2, 0) is 14.8 Å². The second-order valence-corrected chi connectivity index (χ2v) is 5.50. The standard InChI is InChI=1S/C9H16N4O3S/c14-17(15,9-7-10-8-11-9)12-1-2-13-3-5-16-6-4-13/h7-8,12H,1-6H2,(H,10,11). The Bertz CT molecular complexity index is 425. The molecule has 1 aromatic heterocycles. The molecule has 0 saturated carbocycles. The summed E-state index contributed by atoms with van der Waals surface area (Å²) in [5.74, 6) is 0. The molecule has 1 aliphatic heterocycles. The number of hydrogen-bond acceptors (Lipinski definition) is 5. The minimum Gasteiger partial charge on any atom is -0.379 e. The summed E-state index contributed by atoms with van der Waals surface area (Å²) >= 11 is 0. The van der Waals surface area contributed by atoms with Crippen LogP contribution < -0.4 is 4.72 Å². The summed E-state index contributed by atoms with van der Waals surface area (Å²) in [6.07, 6.45) is 2.63. The first kappa shape index (κ1) is 12.5. The number of rotatable bonds is 5. The predicted molar refractivity (Wildman–Crippen MR) is 61.0 cm³/mol. The van der Waals surface area contributed by atoms with Crippen molar-refractivity contribution in [2.45, 2.75) is 5.03 Å². The summed E-state index contributed by atoms with van der Waals surface area (Å²) in [7, 11) is -3.44. The number of morpholine rings is 1. The zero-order chi connectivity index (χ0) is 12.1. The van der Waals surface area contributed by atoms with Gasteiger partial charge >= 0.3 is 0 Å². The summed E-state index contributed by atoms with van der Waals surface area (Å²) in [5.41, 5.74) is 0. The highest BCUT2D eigenvalue weighted by molar-refractivity contribution is 7.89. The molecule has 0 radical (unpaired) electrons. The normalized spacial score (nSPS) is 18.4. The van der Waals surface area contributed by atoms with E-state index in [2.05, 4.69) is 19.6 Å². The van der Waals surface area contributed by atoms with Gasteiger partial charge in [-0.25, -0.2) is 18.1 Å². The number of sulfonamides is 1. The van der Waals surface area contributed by atoms with Gasteiger partial charge in [-0.2, -0.15) is 0 Å². The minimum atomic E-state index is -3.44. The van der Waals surface area contributed by atoms with Crippen LogP contribution in [0.25, 0.3) is 0 Å². The molecule has 1 aliphatic rings. The Morgan fingerprint density at radius 1 is 1.47 bits per heavy atom. The highest BCUT2D eigenvalue weighted by atomic mass is 32.2. The summed E-state index contributed by atoms with van der Waals surface area (Å²) in [6, 6.07) is 0. The average molecular weight is 260 g/mol. The van der Waals surface area contributed by atoms with Crippen LogP contribution in [0.2, 0.25) is 0 Å². The van der Waals surface area contributed by atoms with Crippen LogP contribution in [0.5, 0.6) is 0 Å². The third-order valence-corrected chi connectivity index (χ3v) is 3.97. The Labute approximate surface area is 100 Å². The van der Waals surface area contributed by atoms with Crippen molar-refractivity contribution in [3.05, 3.63) is 12.5 Å². The fraction of sp³-hybridized carbons (Fsp3) is 0.667. The average Bonchev–Trinajstić information content (AvgIpc) is 2.84. The first-order valence-electron chi connectivity index (χ1n) is 5.46. The summed E-state index contributed by atoms with van der Waals surface area (Å²) < 4.78 is 31.2. The second kappa shape index (κ2) is 5.58. The maximum atomic E-state index is 11.7. The van der Waals surface area contributed by atoms with E-state index in [0.717, 1.165) is 13.1 Å². The van der Waals surface area contributed by atoms with E-state index in [1.54, 1.807) is 0 Å². The smallest absolute Gasteiger partial charge is 0.257 e. The maximum Gasteiger partial charge on any atom is 0.257 e. The van der Waals surface area contributed by atoms with Gasteiger partial charge in [-0.05, 0) is 0 Å². The molecule has 96 valence electrons. The van der Waals surface area contributed by atoms with Crippen LogP contribution >= 0.6 is 0 Å². The molecule has 0 amide bonds. The zero-order valence-electron chi connectivity index (χ0n) is 9.42. The number of imidazole rings is 1. The lowest BCUT2D eigenvalue weighted by molar-refractivity contribution is 0.0390. The molecule has 0 spiro atoms. The third-order valence-electron chi connectivity index (χ3n) is 2.59. The van der Waals surface area contributed by atoms with Crippen LogP contribution in [-0.4, -0.2) is 62.7 Å². The molecule has 2 N–H and O–H groups in total. The Balaban J connectivity index is 1.78. The van der Waals surface area contributed by atoms with Crippen molar-refractivity contribution in [2.75, 3.05) is 39.4 Å². The van der Waals surface area contributed by atoms with Gasteiger partial charge in [0.15, 0.2) is 5.03 Å². The third kappa shape index (κ3) is 3.50. The van der Waals surface area contributed by atoms with Gasteiger partial charge in [0.2, 0.25) is 0 Å². The van der Waals surface area contributed by atoms with Gasteiger partial charge in [0, 0.05) is 26.2 Å². The van der Waals surface area contributed by atoms with Crippen molar-refractivity contribution >= 4 is 10.0 Å². The molecule has 2 heterocycles. The summed E-state index contributed by atoms with van der Waals surface area (Å²) in [5, 5.41) is 0.0967. The number of hydrogen-bond donors (Lipinski definition) is 2. The van der Waals surface area contributed by atoms with Crippen molar-refractivity contribution in [3.63, 3.8) is 0 Å². The summed E-state index contributed by atoms with van der Waals surface area (Å²) in [6.45, 7) is 4.22. The predicted octanol–water partition coefficient (Wildman–Crippen LogP) is -0.980. The number of aromatic nitrogens is 2. The molecule has 7 nitrogen and oxygen atoms in total. The van der Waals surface area contributed by atoms with Crippen LogP contribution in [0.15, 0.2) is 17.6 Å². The van der Waals surface area contributed by atoms with E-state index in [1.165, 1.54) is 12.5 Å². The molecule has 17 heavy (non-hydrogen) atoms. The van der Waals surface area contributed by atoms with Crippen molar-refractivity contribution in [2.24, 2.45) is 0 Å². The van der Waals surface area contributed by atoms with Crippen molar-refractivity contribution in [3.8, 4) is 0 Å². The maximum absolute atomic E-state index is 11.7. The Kier molecular flexibility index (Phi) is 4.11. The number of ether oxygens (including phenoxy) is 1. The van der Waals surface area contributed by atoms with E-state index >= 15 is 0 Å². The largest absolute Gasteiger partial charge is 0.379 e. The molecule has 0 atom stereocenters. The van der Waals surface area contributed by atoms with Gasteiger partial charge in [0.25, 0.3) is 10.0 Å². The Morgan fingerprint density at radius 2 is 2.24 bits per heavy atom. The Hall–Kier alpha value is -0.960. The Morgan fingerprint density at radius 3 is 2.88 bits per heavy atom. The molecular formula is C9H16N4O3S. The first-order chi connectivity index (χ1) is 8.18. The first-order valence-corrected chi connectivity index (χ1v) is 6.95. The molecular weight excluding hydrogens is 244 g/mol. The molecule has 0 bridgehead atoms. The number of nitrogens with zero attached hydrogens (tertiary/aromatic N) is 2. The monoisotopic (exact) mass is 260 g/mol. The van der Waals surface area contributed by atoms with Crippen molar-refractivity contribution in [1.29, 1.82) is 0 Å². The number of H-pyrrole nitrogens is 1. The quantitative estimate of drug-likeness (QED) is 0.710. The van der Waals surface area contributed by atoms with Gasteiger partial charge in [-0.3, -0.25) is 4.90 Å². The number of aromatic amines is 1. The highest BCUT2D eigenvalue weighted by Crippen LogP contribution is 2.01. The molecule has 1 aromatic rings. The molecule has 0 aliphatic carbocycles. The van der Waals surface area contributed by atoms with Gasteiger partial charge in [-0.15, -0.1) is 0 Å². The van der Waals surface area contributed by atoms with E-state index < -0.39 is 10.0 Å². The molecule has 2 rings (SSSR count). The van der Waals surface area contributed by atoms with Crippen molar-refractivity contribution < 1.29 is 13.2 Å². The van der Waals surface area contributed by atoms with Gasteiger partial charge in [0.05, 0.1) is 25.7 Å². The fourth-order valence-corrected chi connectivity index (χ4v) is 2.55. The van der Waals surface area contributed by atoms with Gasteiger partial charge < -0.3 is 9.72 Å². The topological polar surface area (TPSA) is 87.3 Å². The zero-order valence-corrected chi connectivity index (χ0v) is 10.2. The van der Waals surface area contributed by atoms with Crippen LogP contribution in [0.4, 0.5) is 0 Å². The van der Waals surface area contributed by atoms with E-state index in [9.17, 15) is 8.42 Å². The molecule has 8 heteroatoms. The van der Waals surface area contributed by atoms with Crippen LogP contribution in [0.3, 0.4) is 0 Å². The van der Waals surface area contributed by atoms with E-state index in [4.69, 9.17) is 4.74 Å². The van der Waals surface area contributed by atoms with Crippen LogP contribution in [0, 0.1) is 0 Å². The lowest BCUT2D eigenvalue weighted by Crippen LogP contribution is -2.41. The number of nitrogens with one attached hydrogen (secondary N) is 2. The fourth-order valence-electron chi connectivity index (χ4n) is 1.63. The van der Waals surface area contributed by atoms with E-state index in [1.807, 2.05) is 0 Å². The van der Waals surface area contributed by atoms with Crippen molar-refractivity contribution in [1.82, 2.24) is 19.6 Å². The second-order valence-electron chi connectivity index (χ2n) is 3.77. The minimum absolute atomic E-state index is 0.0967. The van der Waals surface area contributed by atoms with Gasteiger partial charge in [-0.1, -0.05) is 0 Å². The van der Waals surface area contributed by atoms with E-state index in [-0.39, 0.29) is 5.03 Å². The molecule has 0 unspecified atom stereocenters.